The SMILES string of the molecule is CCNC(=O)Nc1ccc(-c2nc3c(c(N4CCOCC4C)n2)[C@H](C(C)(C)C)CN(C(=O)O)C3)cc1. The lowest BCUT2D eigenvalue weighted by atomic mass is 9.74. The molecule has 0 aliphatic carbocycles. The van der Waals surface area contributed by atoms with Gasteiger partial charge in [0.1, 0.15) is 5.82 Å². The Labute approximate surface area is 212 Å². The Morgan fingerprint density at radius 3 is 2.53 bits per heavy atom. The molecule has 3 heterocycles. The highest BCUT2D eigenvalue weighted by Crippen LogP contribution is 2.45. The number of aromatic nitrogens is 2. The molecule has 10 nitrogen and oxygen atoms in total. The molecule has 194 valence electrons. The molecular formula is C26H36N6O4. The van der Waals surface area contributed by atoms with Crippen LogP contribution in [0.15, 0.2) is 24.3 Å². The second-order valence-corrected chi connectivity index (χ2v) is 10.5. The van der Waals surface area contributed by atoms with Gasteiger partial charge in [0.25, 0.3) is 0 Å². The second kappa shape index (κ2) is 10.3. The largest absolute Gasteiger partial charge is 0.465 e. The van der Waals surface area contributed by atoms with Gasteiger partial charge in [0.15, 0.2) is 5.82 Å². The quantitative estimate of drug-likeness (QED) is 0.582. The van der Waals surface area contributed by atoms with Crippen LogP contribution in [0.1, 0.15) is 51.8 Å². The van der Waals surface area contributed by atoms with Gasteiger partial charge in [-0.1, -0.05) is 20.8 Å². The zero-order valence-corrected chi connectivity index (χ0v) is 21.7. The van der Waals surface area contributed by atoms with Crippen LogP contribution < -0.4 is 15.5 Å². The van der Waals surface area contributed by atoms with Gasteiger partial charge in [-0.05, 0) is 43.5 Å². The van der Waals surface area contributed by atoms with E-state index in [0.717, 1.165) is 22.6 Å². The van der Waals surface area contributed by atoms with Crippen LogP contribution in [-0.4, -0.2) is 71.0 Å². The molecule has 2 aliphatic rings. The number of anilines is 2. The first-order chi connectivity index (χ1) is 17.1. The molecule has 1 unspecified atom stereocenters. The molecule has 36 heavy (non-hydrogen) atoms. The third kappa shape index (κ3) is 5.38. The third-order valence-corrected chi connectivity index (χ3v) is 6.79. The van der Waals surface area contributed by atoms with E-state index in [9.17, 15) is 14.7 Å². The van der Waals surface area contributed by atoms with E-state index in [1.165, 1.54) is 4.90 Å². The fourth-order valence-electron chi connectivity index (χ4n) is 4.82. The van der Waals surface area contributed by atoms with Gasteiger partial charge < -0.3 is 30.3 Å². The topological polar surface area (TPSA) is 120 Å². The molecule has 1 aromatic carbocycles. The Hall–Kier alpha value is -3.40. The Kier molecular flexibility index (Phi) is 7.35. The maximum atomic E-state index is 12.0. The number of ether oxygens (including phenoxy) is 1. The highest BCUT2D eigenvalue weighted by Gasteiger charge is 2.40. The monoisotopic (exact) mass is 496 g/mol. The molecule has 2 aromatic rings. The number of nitrogens with one attached hydrogen (secondary N) is 2. The smallest absolute Gasteiger partial charge is 0.407 e. The average Bonchev–Trinajstić information content (AvgIpc) is 2.83. The van der Waals surface area contributed by atoms with Gasteiger partial charge in [-0.2, -0.15) is 0 Å². The number of rotatable bonds is 4. The molecule has 0 bridgehead atoms. The van der Waals surface area contributed by atoms with E-state index < -0.39 is 6.09 Å². The third-order valence-electron chi connectivity index (χ3n) is 6.79. The molecule has 0 saturated carbocycles. The first-order valence-electron chi connectivity index (χ1n) is 12.5. The number of amides is 3. The van der Waals surface area contributed by atoms with Gasteiger partial charge in [-0.3, -0.25) is 0 Å². The summed E-state index contributed by atoms with van der Waals surface area (Å²) in [6.07, 6.45) is -0.947. The molecule has 1 saturated heterocycles. The molecule has 10 heteroatoms. The second-order valence-electron chi connectivity index (χ2n) is 10.5. The van der Waals surface area contributed by atoms with Gasteiger partial charge in [0, 0.05) is 42.4 Å². The molecule has 3 N–H and O–H groups in total. The van der Waals surface area contributed by atoms with Crippen molar-refractivity contribution in [1.29, 1.82) is 0 Å². The average molecular weight is 497 g/mol. The van der Waals surface area contributed by atoms with Crippen LogP contribution >= 0.6 is 0 Å². The van der Waals surface area contributed by atoms with Crippen molar-refractivity contribution in [2.75, 3.05) is 43.1 Å². The minimum Gasteiger partial charge on any atom is -0.465 e. The number of urea groups is 1. The van der Waals surface area contributed by atoms with Crippen LogP contribution in [0, 0.1) is 5.41 Å². The van der Waals surface area contributed by atoms with E-state index in [2.05, 4.69) is 43.2 Å². The number of hydrogen-bond donors (Lipinski definition) is 3. The number of fused-ring (bicyclic) bond motifs is 1. The predicted octanol–water partition coefficient (Wildman–Crippen LogP) is 4.13. The first kappa shape index (κ1) is 25.7. The number of carbonyl (C=O) groups is 2. The Bertz CT molecular complexity index is 1110. The highest BCUT2D eigenvalue weighted by atomic mass is 16.5. The van der Waals surface area contributed by atoms with Crippen molar-refractivity contribution in [3.05, 3.63) is 35.5 Å². The fourth-order valence-corrected chi connectivity index (χ4v) is 4.82. The summed E-state index contributed by atoms with van der Waals surface area (Å²) < 4.78 is 5.69. The van der Waals surface area contributed by atoms with Crippen LogP contribution in [-0.2, 0) is 11.3 Å². The van der Waals surface area contributed by atoms with Gasteiger partial charge in [-0.25, -0.2) is 19.6 Å². The van der Waals surface area contributed by atoms with E-state index in [0.29, 0.717) is 44.4 Å². The number of carbonyl (C=O) groups excluding carboxylic acids is 1. The van der Waals surface area contributed by atoms with Crippen LogP contribution in [0.2, 0.25) is 0 Å². The number of carboxylic acid groups (broad SMARTS) is 1. The lowest BCUT2D eigenvalue weighted by Gasteiger charge is -2.43. The zero-order valence-electron chi connectivity index (χ0n) is 21.7. The number of benzene rings is 1. The van der Waals surface area contributed by atoms with E-state index in [4.69, 9.17) is 14.7 Å². The number of morpholine rings is 1. The zero-order chi connectivity index (χ0) is 26.0. The first-order valence-corrected chi connectivity index (χ1v) is 12.5. The Balaban J connectivity index is 1.81. The van der Waals surface area contributed by atoms with Crippen molar-refractivity contribution >= 4 is 23.6 Å². The minimum absolute atomic E-state index is 0.0555. The van der Waals surface area contributed by atoms with Gasteiger partial charge >= 0.3 is 12.1 Å². The molecule has 4 rings (SSSR count). The summed E-state index contributed by atoms with van der Waals surface area (Å²) in [5.41, 5.74) is 3.04. The lowest BCUT2D eigenvalue weighted by Crippen LogP contribution is -2.47. The van der Waals surface area contributed by atoms with E-state index >= 15 is 0 Å². The summed E-state index contributed by atoms with van der Waals surface area (Å²) in [6.45, 7) is 13.5. The van der Waals surface area contributed by atoms with Crippen LogP contribution in [0.5, 0.6) is 0 Å². The molecule has 2 aliphatic heterocycles. The molecule has 0 spiro atoms. The number of hydrogen-bond acceptors (Lipinski definition) is 6. The molecule has 0 radical (unpaired) electrons. The summed E-state index contributed by atoms with van der Waals surface area (Å²) in [5, 5.41) is 15.4. The van der Waals surface area contributed by atoms with Crippen molar-refractivity contribution in [1.82, 2.24) is 20.2 Å². The van der Waals surface area contributed by atoms with Crippen LogP contribution in [0.3, 0.4) is 0 Å². The van der Waals surface area contributed by atoms with E-state index in [1.54, 1.807) is 0 Å². The van der Waals surface area contributed by atoms with Crippen molar-refractivity contribution < 1.29 is 19.4 Å². The van der Waals surface area contributed by atoms with Crippen molar-refractivity contribution in [2.24, 2.45) is 5.41 Å². The Morgan fingerprint density at radius 1 is 1.19 bits per heavy atom. The predicted molar refractivity (Wildman–Crippen MR) is 138 cm³/mol. The Morgan fingerprint density at radius 2 is 1.92 bits per heavy atom. The van der Waals surface area contributed by atoms with Gasteiger partial charge in [0.05, 0.1) is 31.5 Å². The van der Waals surface area contributed by atoms with E-state index in [-0.39, 0.29) is 30.0 Å². The lowest BCUT2D eigenvalue weighted by molar-refractivity contribution is 0.0976. The summed E-state index contributed by atoms with van der Waals surface area (Å²) in [4.78, 5) is 37.6. The molecular weight excluding hydrogens is 460 g/mol. The molecule has 2 atom stereocenters. The highest BCUT2D eigenvalue weighted by molar-refractivity contribution is 5.89. The maximum Gasteiger partial charge on any atom is 0.407 e. The fraction of sp³-hybridized carbons (Fsp3) is 0.538. The van der Waals surface area contributed by atoms with Gasteiger partial charge in [-0.15, -0.1) is 0 Å². The molecule has 3 amide bonds. The normalized spacial score (nSPS) is 20.0. The number of nitrogens with zero attached hydrogens (tertiary/aromatic N) is 4. The van der Waals surface area contributed by atoms with Crippen molar-refractivity contribution in [2.45, 2.75) is 53.1 Å². The molecule has 1 fully saturated rings. The maximum absolute atomic E-state index is 12.0. The van der Waals surface area contributed by atoms with Crippen molar-refractivity contribution in [3.63, 3.8) is 0 Å². The van der Waals surface area contributed by atoms with Crippen molar-refractivity contribution in [3.8, 4) is 11.4 Å². The van der Waals surface area contributed by atoms with Gasteiger partial charge in [0.2, 0.25) is 0 Å². The van der Waals surface area contributed by atoms with E-state index in [1.807, 2.05) is 31.2 Å². The summed E-state index contributed by atoms with van der Waals surface area (Å²) in [5.74, 6) is 1.34. The standard InChI is InChI=1S/C26H36N6O4/c1-6-27-24(33)28-18-9-7-17(8-10-18)22-29-20-14-31(25(34)35)13-19(26(3,4)5)21(20)23(30-22)32-11-12-36-15-16(32)2/h7-10,16,19H,6,11-15H2,1-5H3,(H,34,35)(H2,27,28,33)/t16?,19-/m1/s1. The summed E-state index contributed by atoms with van der Waals surface area (Å²) >= 11 is 0. The summed E-state index contributed by atoms with van der Waals surface area (Å²) in [7, 11) is 0. The van der Waals surface area contributed by atoms with Crippen LogP contribution in [0.25, 0.3) is 11.4 Å². The minimum atomic E-state index is -0.947. The molecule has 1 aromatic heterocycles. The summed E-state index contributed by atoms with van der Waals surface area (Å²) in [6, 6.07) is 7.23. The van der Waals surface area contributed by atoms with Crippen LogP contribution in [0.4, 0.5) is 21.1 Å².